The molecule has 3 heteroatoms. The summed E-state index contributed by atoms with van der Waals surface area (Å²) in [5, 5.41) is 0. The predicted molar refractivity (Wildman–Crippen MR) is 68.5 cm³/mol. The van der Waals surface area contributed by atoms with E-state index in [2.05, 4.69) is 16.4 Å². The summed E-state index contributed by atoms with van der Waals surface area (Å²) in [5.41, 5.74) is 6.74. The maximum absolute atomic E-state index is 5.58. The molecule has 2 fully saturated rings. The molecule has 0 spiro atoms. The maximum atomic E-state index is 5.58. The molecule has 16 heavy (non-hydrogen) atoms. The van der Waals surface area contributed by atoms with Crippen LogP contribution in [0.3, 0.4) is 0 Å². The number of hydrogen-bond acceptors (Lipinski definition) is 3. The van der Waals surface area contributed by atoms with Crippen LogP contribution in [0.4, 0.5) is 0 Å². The van der Waals surface area contributed by atoms with E-state index in [-0.39, 0.29) is 0 Å². The molecule has 1 aliphatic carbocycles. The molecule has 2 N–H and O–H groups in total. The van der Waals surface area contributed by atoms with Crippen molar-refractivity contribution in [2.75, 3.05) is 39.3 Å². The molecule has 0 radical (unpaired) electrons. The number of piperazine rings is 1. The summed E-state index contributed by atoms with van der Waals surface area (Å²) in [6, 6.07) is 0.889. The van der Waals surface area contributed by atoms with Gasteiger partial charge in [0.1, 0.15) is 0 Å². The van der Waals surface area contributed by atoms with Gasteiger partial charge < -0.3 is 5.73 Å². The van der Waals surface area contributed by atoms with E-state index in [0.29, 0.717) is 6.54 Å². The molecule has 1 saturated carbocycles. The first kappa shape index (κ1) is 12.1. The third-order valence-corrected chi connectivity index (χ3v) is 3.98. The zero-order valence-electron chi connectivity index (χ0n) is 10.3. The van der Waals surface area contributed by atoms with E-state index >= 15 is 0 Å². The highest BCUT2D eigenvalue weighted by molar-refractivity contribution is 4.99. The summed E-state index contributed by atoms with van der Waals surface area (Å²) < 4.78 is 0. The van der Waals surface area contributed by atoms with Crippen molar-refractivity contribution < 1.29 is 0 Å². The Balaban J connectivity index is 1.71. The summed E-state index contributed by atoms with van der Waals surface area (Å²) >= 11 is 0. The SMILES string of the molecule is C=C(CN)CN1CCN(C2CCCC2)CC1. The first-order chi connectivity index (χ1) is 7.79. The molecular formula is C13H25N3. The summed E-state index contributed by atoms with van der Waals surface area (Å²) in [6.07, 6.45) is 5.73. The Hall–Kier alpha value is -0.380. The third-order valence-electron chi connectivity index (χ3n) is 3.98. The Morgan fingerprint density at radius 1 is 1.12 bits per heavy atom. The van der Waals surface area contributed by atoms with Gasteiger partial charge in [-0.25, -0.2) is 0 Å². The largest absolute Gasteiger partial charge is 0.327 e. The molecule has 0 aromatic heterocycles. The highest BCUT2D eigenvalue weighted by Gasteiger charge is 2.25. The minimum absolute atomic E-state index is 0.628. The second-order valence-electron chi connectivity index (χ2n) is 5.20. The first-order valence-electron chi connectivity index (χ1n) is 6.62. The number of nitrogens with two attached hydrogens (primary N) is 1. The van der Waals surface area contributed by atoms with E-state index in [4.69, 9.17) is 5.73 Å². The molecule has 1 heterocycles. The molecule has 2 aliphatic rings. The van der Waals surface area contributed by atoms with Crippen LogP contribution in [-0.4, -0.2) is 55.1 Å². The standard InChI is InChI=1S/C13H25N3/c1-12(10-14)11-15-6-8-16(9-7-15)13-4-2-3-5-13/h13H,1-11,14H2. The number of hydrogen-bond donors (Lipinski definition) is 1. The lowest BCUT2D eigenvalue weighted by Crippen LogP contribution is -2.50. The van der Waals surface area contributed by atoms with Gasteiger partial charge in [0, 0.05) is 45.3 Å². The molecule has 92 valence electrons. The first-order valence-corrected chi connectivity index (χ1v) is 6.62. The minimum atomic E-state index is 0.628. The van der Waals surface area contributed by atoms with Crippen LogP contribution in [0.5, 0.6) is 0 Å². The summed E-state index contributed by atoms with van der Waals surface area (Å²) in [5.74, 6) is 0. The third kappa shape index (κ3) is 3.06. The van der Waals surface area contributed by atoms with Crippen LogP contribution in [-0.2, 0) is 0 Å². The fourth-order valence-electron chi connectivity index (χ4n) is 2.94. The quantitative estimate of drug-likeness (QED) is 0.723. The molecule has 1 saturated heterocycles. The highest BCUT2D eigenvalue weighted by atomic mass is 15.3. The average Bonchev–Trinajstić information content (AvgIpc) is 2.83. The second-order valence-corrected chi connectivity index (χ2v) is 5.20. The van der Waals surface area contributed by atoms with Crippen molar-refractivity contribution in [3.63, 3.8) is 0 Å². The molecule has 1 aliphatic heterocycles. The Morgan fingerprint density at radius 3 is 2.31 bits per heavy atom. The molecule has 0 unspecified atom stereocenters. The maximum Gasteiger partial charge on any atom is 0.0203 e. The lowest BCUT2D eigenvalue weighted by atomic mass is 10.1. The van der Waals surface area contributed by atoms with Gasteiger partial charge in [-0.1, -0.05) is 19.4 Å². The summed E-state index contributed by atoms with van der Waals surface area (Å²) in [4.78, 5) is 5.18. The highest BCUT2D eigenvalue weighted by Crippen LogP contribution is 2.24. The van der Waals surface area contributed by atoms with Gasteiger partial charge in [0.05, 0.1) is 0 Å². The normalized spacial score (nSPS) is 25.1. The topological polar surface area (TPSA) is 32.5 Å². The van der Waals surface area contributed by atoms with Gasteiger partial charge in [0.25, 0.3) is 0 Å². The fourth-order valence-corrected chi connectivity index (χ4v) is 2.94. The van der Waals surface area contributed by atoms with E-state index in [9.17, 15) is 0 Å². The zero-order chi connectivity index (χ0) is 11.4. The van der Waals surface area contributed by atoms with Gasteiger partial charge in [-0.2, -0.15) is 0 Å². The van der Waals surface area contributed by atoms with E-state index in [1.165, 1.54) is 51.9 Å². The zero-order valence-corrected chi connectivity index (χ0v) is 10.3. The van der Waals surface area contributed by atoms with E-state index in [0.717, 1.165) is 18.2 Å². The van der Waals surface area contributed by atoms with Crippen molar-refractivity contribution in [1.29, 1.82) is 0 Å². The Kier molecular flexibility index (Phi) is 4.38. The van der Waals surface area contributed by atoms with Gasteiger partial charge >= 0.3 is 0 Å². The molecule has 3 nitrogen and oxygen atoms in total. The van der Waals surface area contributed by atoms with E-state index in [1.54, 1.807) is 0 Å². The fraction of sp³-hybridized carbons (Fsp3) is 0.846. The minimum Gasteiger partial charge on any atom is -0.327 e. The Morgan fingerprint density at radius 2 is 1.75 bits per heavy atom. The van der Waals surface area contributed by atoms with Crippen LogP contribution in [0.15, 0.2) is 12.2 Å². The van der Waals surface area contributed by atoms with Crippen molar-refractivity contribution >= 4 is 0 Å². The molecule has 0 aromatic carbocycles. The lowest BCUT2D eigenvalue weighted by molar-refractivity contribution is 0.104. The van der Waals surface area contributed by atoms with Crippen molar-refractivity contribution in [2.24, 2.45) is 5.73 Å². The van der Waals surface area contributed by atoms with Crippen LogP contribution >= 0.6 is 0 Å². The van der Waals surface area contributed by atoms with Gasteiger partial charge in [-0.3, -0.25) is 9.80 Å². The van der Waals surface area contributed by atoms with Crippen LogP contribution in [0.2, 0.25) is 0 Å². The summed E-state index contributed by atoms with van der Waals surface area (Å²) in [6.45, 7) is 10.5. The second kappa shape index (κ2) is 5.80. The molecular weight excluding hydrogens is 198 g/mol. The summed E-state index contributed by atoms with van der Waals surface area (Å²) in [7, 11) is 0. The molecule has 0 aromatic rings. The van der Waals surface area contributed by atoms with Crippen LogP contribution in [0, 0.1) is 0 Å². The van der Waals surface area contributed by atoms with E-state index < -0.39 is 0 Å². The van der Waals surface area contributed by atoms with Crippen molar-refractivity contribution in [3.8, 4) is 0 Å². The van der Waals surface area contributed by atoms with Crippen LogP contribution < -0.4 is 5.73 Å². The van der Waals surface area contributed by atoms with Gasteiger partial charge in [0.2, 0.25) is 0 Å². The van der Waals surface area contributed by atoms with Gasteiger partial charge in [-0.15, -0.1) is 0 Å². The van der Waals surface area contributed by atoms with E-state index in [1.807, 2.05) is 0 Å². The molecule has 0 bridgehead atoms. The van der Waals surface area contributed by atoms with Crippen LogP contribution in [0.1, 0.15) is 25.7 Å². The number of nitrogens with zero attached hydrogens (tertiary/aromatic N) is 2. The van der Waals surface area contributed by atoms with Crippen molar-refractivity contribution in [3.05, 3.63) is 12.2 Å². The van der Waals surface area contributed by atoms with Gasteiger partial charge in [-0.05, 0) is 18.4 Å². The lowest BCUT2D eigenvalue weighted by Gasteiger charge is -2.38. The van der Waals surface area contributed by atoms with Crippen LogP contribution in [0.25, 0.3) is 0 Å². The molecule has 0 amide bonds. The smallest absolute Gasteiger partial charge is 0.0203 e. The molecule has 0 atom stereocenters. The van der Waals surface area contributed by atoms with Gasteiger partial charge in [0.15, 0.2) is 0 Å². The monoisotopic (exact) mass is 223 g/mol. The average molecular weight is 223 g/mol. The van der Waals surface area contributed by atoms with Crippen molar-refractivity contribution in [2.45, 2.75) is 31.7 Å². The van der Waals surface area contributed by atoms with Crippen molar-refractivity contribution in [1.82, 2.24) is 9.80 Å². The predicted octanol–water partition coefficient (Wildman–Crippen LogP) is 1.06. The number of rotatable bonds is 4. The molecule has 2 rings (SSSR count). The Labute approximate surface area is 99.3 Å². The Bertz CT molecular complexity index is 225.